The van der Waals surface area contributed by atoms with Crippen molar-refractivity contribution in [3.63, 3.8) is 0 Å². The summed E-state index contributed by atoms with van der Waals surface area (Å²) < 4.78 is 4.56. The Hall–Kier alpha value is -1.01. The minimum atomic E-state index is 0.0193. The molecule has 1 fully saturated rings. The van der Waals surface area contributed by atoms with E-state index in [0.29, 0.717) is 11.8 Å². The molecule has 2 aromatic heterocycles. The van der Waals surface area contributed by atoms with Gasteiger partial charge in [-0.3, -0.25) is 0 Å². The quantitative estimate of drug-likeness (QED) is 0.797. The number of hydrogen-bond acceptors (Lipinski definition) is 6. The third kappa shape index (κ3) is 3.74. The fraction of sp³-hybridized carbons (Fsp3) is 0.706. The van der Waals surface area contributed by atoms with Crippen LogP contribution in [0.15, 0.2) is 5.38 Å². The van der Waals surface area contributed by atoms with Crippen molar-refractivity contribution in [1.82, 2.24) is 14.3 Å². The molecule has 4 nitrogen and oxygen atoms in total. The fourth-order valence-corrected chi connectivity index (χ4v) is 4.76. The van der Waals surface area contributed by atoms with Gasteiger partial charge in [0.1, 0.15) is 5.82 Å². The van der Waals surface area contributed by atoms with Crippen molar-refractivity contribution in [2.45, 2.75) is 64.7 Å². The first kappa shape index (κ1) is 16.8. The highest BCUT2D eigenvalue weighted by atomic mass is 32.1. The summed E-state index contributed by atoms with van der Waals surface area (Å²) in [4.78, 5) is 12.0. The Morgan fingerprint density at radius 2 is 2.04 bits per heavy atom. The van der Waals surface area contributed by atoms with Gasteiger partial charge in [-0.25, -0.2) is 9.97 Å². The van der Waals surface area contributed by atoms with Gasteiger partial charge in [-0.05, 0) is 18.8 Å². The van der Waals surface area contributed by atoms with Crippen molar-refractivity contribution in [1.29, 1.82) is 0 Å². The van der Waals surface area contributed by atoms with Crippen LogP contribution in [0.2, 0.25) is 0 Å². The van der Waals surface area contributed by atoms with Crippen LogP contribution >= 0.6 is 22.9 Å². The van der Waals surface area contributed by atoms with Crippen LogP contribution in [-0.4, -0.2) is 27.4 Å². The van der Waals surface area contributed by atoms with E-state index in [1.165, 1.54) is 35.1 Å². The number of hydrogen-bond donors (Lipinski definition) is 0. The van der Waals surface area contributed by atoms with Crippen molar-refractivity contribution >= 4 is 28.0 Å². The summed E-state index contributed by atoms with van der Waals surface area (Å²) in [5.74, 6) is 2.00. The Morgan fingerprint density at radius 1 is 1.26 bits per heavy atom. The Kier molecular flexibility index (Phi) is 4.74. The Morgan fingerprint density at radius 3 is 2.65 bits per heavy atom. The van der Waals surface area contributed by atoms with Crippen LogP contribution in [0.25, 0.3) is 0 Å². The molecule has 0 amide bonds. The molecule has 0 saturated carbocycles. The third-order valence-electron chi connectivity index (χ3n) is 4.26. The number of rotatable bonds is 3. The van der Waals surface area contributed by atoms with Gasteiger partial charge in [0.25, 0.3) is 0 Å². The molecule has 0 aromatic carbocycles. The average molecular weight is 351 g/mol. The topological polar surface area (TPSA) is 41.9 Å². The molecule has 0 radical (unpaired) electrons. The summed E-state index contributed by atoms with van der Waals surface area (Å²) in [6.45, 7) is 13.0. The second-order valence-electron chi connectivity index (χ2n) is 7.70. The van der Waals surface area contributed by atoms with Gasteiger partial charge in [-0.2, -0.15) is 4.37 Å². The third-order valence-corrected chi connectivity index (χ3v) is 6.06. The smallest absolute Gasteiger partial charge is 0.205 e. The molecule has 126 valence electrons. The predicted octanol–water partition coefficient (Wildman–Crippen LogP) is 4.80. The first-order valence-electron chi connectivity index (χ1n) is 8.39. The molecule has 23 heavy (non-hydrogen) atoms. The lowest BCUT2D eigenvalue weighted by Gasteiger charge is -2.31. The molecule has 1 atom stereocenters. The maximum absolute atomic E-state index is 4.87. The number of thiazole rings is 1. The van der Waals surface area contributed by atoms with Crippen molar-refractivity contribution in [3.05, 3.63) is 21.9 Å². The van der Waals surface area contributed by atoms with E-state index in [2.05, 4.69) is 49.3 Å². The fourth-order valence-electron chi connectivity index (χ4n) is 2.75. The van der Waals surface area contributed by atoms with E-state index in [-0.39, 0.29) is 5.41 Å². The molecule has 2 aromatic rings. The van der Waals surface area contributed by atoms with E-state index >= 15 is 0 Å². The van der Waals surface area contributed by atoms with Gasteiger partial charge in [0.15, 0.2) is 0 Å². The van der Waals surface area contributed by atoms with E-state index < -0.39 is 0 Å². The second-order valence-corrected chi connectivity index (χ2v) is 9.32. The zero-order valence-corrected chi connectivity index (χ0v) is 16.3. The summed E-state index contributed by atoms with van der Waals surface area (Å²) in [6, 6.07) is 0. The Bertz CT molecular complexity index is 654. The van der Waals surface area contributed by atoms with Crippen LogP contribution in [0.3, 0.4) is 0 Å². The minimum Gasteiger partial charge on any atom is -0.346 e. The molecule has 1 aliphatic heterocycles. The van der Waals surface area contributed by atoms with Gasteiger partial charge >= 0.3 is 0 Å². The van der Waals surface area contributed by atoms with Gasteiger partial charge in [0, 0.05) is 41.3 Å². The summed E-state index contributed by atoms with van der Waals surface area (Å²) in [5.41, 5.74) is 1.25. The predicted molar refractivity (Wildman–Crippen MR) is 99.0 cm³/mol. The average Bonchev–Trinajstić information content (AvgIpc) is 3.16. The monoisotopic (exact) mass is 350 g/mol. The number of aromatic nitrogens is 3. The molecule has 0 bridgehead atoms. The first-order valence-corrected chi connectivity index (χ1v) is 10.0. The summed E-state index contributed by atoms with van der Waals surface area (Å²) in [7, 11) is 0. The highest BCUT2D eigenvalue weighted by Crippen LogP contribution is 2.34. The van der Waals surface area contributed by atoms with Gasteiger partial charge < -0.3 is 4.90 Å². The standard InChI is InChI=1S/C17H26N4S2/c1-11(2)13-10-22-14(18-13)12-7-6-8-21(9-12)16-19-15(20-23-16)17(3,4)5/h10-12H,6-9H2,1-5H3. The molecule has 3 rings (SSSR count). The van der Waals surface area contributed by atoms with Crippen LogP contribution in [0.5, 0.6) is 0 Å². The van der Waals surface area contributed by atoms with Crippen LogP contribution in [0, 0.1) is 0 Å². The van der Waals surface area contributed by atoms with Crippen LogP contribution in [0.1, 0.15) is 75.8 Å². The van der Waals surface area contributed by atoms with E-state index in [0.717, 1.165) is 24.0 Å². The van der Waals surface area contributed by atoms with E-state index in [4.69, 9.17) is 9.97 Å². The van der Waals surface area contributed by atoms with Gasteiger partial charge in [0.05, 0.1) is 10.7 Å². The van der Waals surface area contributed by atoms with Gasteiger partial charge in [0.2, 0.25) is 5.13 Å². The zero-order chi connectivity index (χ0) is 16.6. The second kappa shape index (κ2) is 6.48. The SMILES string of the molecule is CC(C)c1csc(C2CCCN(c3nc(C(C)(C)C)ns3)C2)n1. The highest BCUT2D eigenvalue weighted by Gasteiger charge is 2.27. The lowest BCUT2D eigenvalue weighted by Crippen LogP contribution is -2.34. The van der Waals surface area contributed by atoms with Crippen LogP contribution in [0.4, 0.5) is 5.13 Å². The largest absolute Gasteiger partial charge is 0.346 e. The number of anilines is 1. The number of piperidine rings is 1. The maximum Gasteiger partial charge on any atom is 0.205 e. The molecule has 6 heteroatoms. The lowest BCUT2D eigenvalue weighted by molar-refractivity contribution is 0.504. The van der Waals surface area contributed by atoms with E-state index in [9.17, 15) is 0 Å². The van der Waals surface area contributed by atoms with Crippen molar-refractivity contribution < 1.29 is 0 Å². The molecule has 1 unspecified atom stereocenters. The normalized spacial score (nSPS) is 19.6. The van der Waals surface area contributed by atoms with E-state index in [1.54, 1.807) is 0 Å². The summed E-state index contributed by atoms with van der Waals surface area (Å²) >= 11 is 3.36. The first-order chi connectivity index (χ1) is 10.8. The zero-order valence-electron chi connectivity index (χ0n) is 14.7. The summed E-state index contributed by atoms with van der Waals surface area (Å²) in [5, 5.41) is 4.58. The molecule has 0 N–H and O–H groups in total. The van der Waals surface area contributed by atoms with E-state index in [1.807, 2.05) is 11.3 Å². The number of nitrogens with zero attached hydrogens (tertiary/aromatic N) is 4. The molecule has 1 aliphatic rings. The Balaban J connectivity index is 1.74. The molecular formula is C17H26N4S2. The molecule has 0 aliphatic carbocycles. The Labute approximate surface area is 147 Å². The summed E-state index contributed by atoms with van der Waals surface area (Å²) in [6.07, 6.45) is 2.43. The van der Waals surface area contributed by atoms with Crippen molar-refractivity contribution in [3.8, 4) is 0 Å². The molecule has 1 saturated heterocycles. The lowest BCUT2D eigenvalue weighted by atomic mass is 9.96. The molecule has 0 spiro atoms. The van der Waals surface area contributed by atoms with Crippen LogP contribution in [-0.2, 0) is 5.41 Å². The van der Waals surface area contributed by atoms with Crippen molar-refractivity contribution in [2.75, 3.05) is 18.0 Å². The maximum atomic E-state index is 4.87. The highest BCUT2D eigenvalue weighted by molar-refractivity contribution is 7.10. The van der Waals surface area contributed by atoms with Gasteiger partial charge in [-0.15, -0.1) is 11.3 Å². The minimum absolute atomic E-state index is 0.0193. The molecular weight excluding hydrogens is 324 g/mol. The molecule has 3 heterocycles. The van der Waals surface area contributed by atoms with Crippen LogP contribution < -0.4 is 4.90 Å². The van der Waals surface area contributed by atoms with Gasteiger partial charge in [-0.1, -0.05) is 34.6 Å². The van der Waals surface area contributed by atoms with Crippen molar-refractivity contribution in [2.24, 2.45) is 0 Å².